The second-order valence-electron chi connectivity index (χ2n) is 4.50. The van der Waals surface area contributed by atoms with E-state index in [-0.39, 0.29) is 5.56 Å². The highest BCUT2D eigenvalue weighted by atomic mass is 16.5. The van der Waals surface area contributed by atoms with Gasteiger partial charge in [-0.25, -0.2) is 4.98 Å². The predicted molar refractivity (Wildman–Crippen MR) is 70.0 cm³/mol. The average molecular weight is 252 g/mol. The zero-order valence-electron chi connectivity index (χ0n) is 10.7. The van der Waals surface area contributed by atoms with Gasteiger partial charge in [0.1, 0.15) is 5.82 Å². The third kappa shape index (κ3) is 3.54. The molecule has 2 heterocycles. The number of nitrogens with one attached hydrogen (secondary N) is 2. The maximum atomic E-state index is 11.3. The van der Waals surface area contributed by atoms with E-state index in [9.17, 15) is 4.79 Å². The highest BCUT2D eigenvalue weighted by Crippen LogP contribution is 2.12. The molecule has 1 unspecified atom stereocenters. The number of hydrogen-bond acceptors (Lipinski definition) is 5. The summed E-state index contributed by atoms with van der Waals surface area (Å²) in [6.07, 6.45) is 3.83. The summed E-state index contributed by atoms with van der Waals surface area (Å²) in [5, 5.41) is 3.45. The number of anilines is 1. The summed E-state index contributed by atoms with van der Waals surface area (Å²) in [6.45, 7) is 3.30. The first-order chi connectivity index (χ1) is 8.79. The minimum Gasteiger partial charge on any atom is -0.383 e. The quantitative estimate of drug-likeness (QED) is 0.744. The first kappa shape index (κ1) is 13.0. The molecule has 6 nitrogen and oxygen atoms in total. The van der Waals surface area contributed by atoms with E-state index in [1.807, 2.05) is 0 Å². The number of methoxy groups -OCH3 is 1. The molecule has 0 radical (unpaired) electrons. The zero-order chi connectivity index (χ0) is 12.8. The normalized spacial score (nSPS) is 19.1. The predicted octanol–water partition coefficient (Wildman–Crippen LogP) is -0.0253. The van der Waals surface area contributed by atoms with Crippen LogP contribution in [-0.4, -0.2) is 49.4 Å². The summed E-state index contributed by atoms with van der Waals surface area (Å²) in [7, 11) is 1.68. The maximum absolute atomic E-state index is 11.3. The van der Waals surface area contributed by atoms with Gasteiger partial charge in [-0.1, -0.05) is 0 Å². The second-order valence-corrected chi connectivity index (χ2v) is 4.50. The number of aromatic nitrogens is 2. The fourth-order valence-electron chi connectivity index (χ4n) is 2.21. The number of ether oxygens (including phenoxy) is 1. The Morgan fingerprint density at radius 1 is 1.61 bits per heavy atom. The molecule has 100 valence electrons. The van der Waals surface area contributed by atoms with E-state index >= 15 is 0 Å². The molecule has 1 aromatic rings. The molecule has 0 saturated carbocycles. The summed E-state index contributed by atoms with van der Waals surface area (Å²) < 4.78 is 5.11. The molecule has 1 atom stereocenters. The van der Waals surface area contributed by atoms with E-state index < -0.39 is 0 Å². The lowest BCUT2D eigenvalue weighted by molar-refractivity contribution is 0.204. The zero-order valence-corrected chi connectivity index (χ0v) is 10.7. The van der Waals surface area contributed by atoms with Gasteiger partial charge in [0.2, 0.25) is 0 Å². The molecule has 1 aromatic heterocycles. The number of aromatic amines is 1. The van der Waals surface area contributed by atoms with Crippen LogP contribution in [0.3, 0.4) is 0 Å². The van der Waals surface area contributed by atoms with Gasteiger partial charge in [0.15, 0.2) is 0 Å². The van der Waals surface area contributed by atoms with E-state index in [0.717, 1.165) is 19.6 Å². The monoisotopic (exact) mass is 252 g/mol. The third-order valence-electron chi connectivity index (χ3n) is 3.16. The smallest absolute Gasteiger partial charge is 0.252 e. The van der Waals surface area contributed by atoms with Crippen molar-refractivity contribution in [2.24, 2.45) is 0 Å². The molecular weight excluding hydrogens is 232 g/mol. The van der Waals surface area contributed by atoms with Crippen molar-refractivity contribution in [1.82, 2.24) is 15.3 Å². The van der Waals surface area contributed by atoms with Crippen LogP contribution in [0.4, 0.5) is 5.82 Å². The second kappa shape index (κ2) is 6.51. The van der Waals surface area contributed by atoms with Crippen molar-refractivity contribution in [1.29, 1.82) is 0 Å². The Bertz CT molecular complexity index is 415. The lowest BCUT2D eigenvalue weighted by Gasteiger charge is -2.26. The summed E-state index contributed by atoms with van der Waals surface area (Å²) >= 11 is 0. The van der Waals surface area contributed by atoms with Crippen LogP contribution in [0.2, 0.25) is 0 Å². The van der Waals surface area contributed by atoms with Crippen molar-refractivity contribution in [2.45, 2.75) is 18.9 Å². The molecule has 6 heteroatoms. The van der Waals surface area contributed by atoms with Crippen LogP contribution in [0.1, 0.15) is 12.8 Å². The largest absolute Gasteiger partial charge is 0.383 e. The molecule has 2 N–H and O–H groups in total. The molecule has 1 fully saturated rings. The lowest BCUT2D eigenvalue weighted by Crippen LogP contribution is -2.40. The average Bonchev–Trinajstić information content (AvgIpc) is 2.87. The summed E-state index contributed by atoms with van der Waals surface area (Å²) in [5.41, 5.74) is -0.123. The van der Waals surface area contributed by atoms with Crippen molar-refractivity contribution in [2.75, 3.05) is 38.3 Å². The molecular formula is C12H20N4O2. The summed E-state index contributed by atoms with van der Waals surface area (Å²) in [6, 6.07) is 2.01. The molecule has 0 bridgehead atoms. The molecule has 1 saturated heterocycles. The Labute approximate surface area is 106 Å². The van der Waals surface area contributed by atoms with E-state index in [0.29, 0.717) is 18.5 Å². The Kier molecular flexibility index (Phi) is 4.72. The molecule has 0 amide bonds. The summed E-state index contributed by atoms with van der Waals surface area (Å²) in [4.78, 5) is 20.2. The van der Waals surface area contributed by atoms with Crippen molar-refractivity contribution in [3.05, 3.63) is 22.7 Å². The van der Waals surface area contributed by atoms with Gasteiger partial charge in [-0.05, 0) is 19.4 Å². The Hall–Kier alpha value is -1.40. The lowest BCUT2D eigenvalue weighted by atomic mass is 10.2. The van der Waals surface area contributed by atoms with Gasteiger partial charge >= 0.3 is 0 Å². The Morgan fingerprint density at radius 2 is 2.50 bits per heavy atom. The van der Waals surface area contributed by atoms with E-state index in [2.05, 4.69) is 20.2 Å². The van der Waals surface area contributed by atoms with Crippen molar-refractivity contribution >= 4 is 5.82 Å². The molecule has 2 rings (SSSR count). The minimum atomic E-state index is -0.123. The van der Waals surface area contributed by atoms with Crippen LogP contribution >= 0.6 is 0 Å². The van der Waals surface area contributed by atoms with Crippen LogP contribution in [0.25, 0.3) is 0 Å². The molecule has 0 aromatic carbocycles. The third-order valence-corrected chi connectivity index (χ3v) is 3.16. The van der Waals surface area contributed by atoms with E-state index in [4.69, 9.17) is 4.74 Å². The first-order valence-electron chi connectivity index (χ1n) is 6.31. The fourth-order valence-corrected chi connectivity index (χ4v) is 2.21. The van der Waals surface area contributed by atoms with Gasteiger partial charge in [-0.3, -0.25) is 4.79 Å². The number of nitrogens with zero attached hydrogens (tertiary/aromatic N) is 2. The molecule has 1 aliphatic rings. The van der Waals surface area contributed by atoms with Crippen LogP contribution in [0.5, 0.6) is 0 Å². The van der Waals surface area contributed by atoms with Crippen molar-refractivity contribution < 1.29 is 4.74 Å². The highest BCUT2D eigenvalue weighted by Gasteiger charge is 2.18. The Balaban J connectivity index is 2.05. The minimum absolute atomic E-state index is 0.123. The summed E-state index contributed by atoms with van der Waals surface area (Å²) in [5.74, 6) is 0.713. The first-order valence-corrected chi connectivity index (χ1v) is 6.31. The van der Waals surface area contributed by atoms with Crippen LogP contribution in [-0.2, 0) is 4.74 Å². The number of H-pyrrole nitrogens is 1. The Morgan fingerprint density at radius 3 is 3.17 bits per heavy atom. The van der Waals surface area contributed by atoms with Gasteiger partial charge in [0, 0.05) is 32.3 Å². The van der Waals surface area contributed by atoms with Gasteiger partial charge < -0.3 is 19.9 Å². The van der Waals surface area contributed by atoms with Gasteiger partial charge in [-0.2, -0.15) is 0 Å². The molecule has 1 aliphatic heterocycles. The SMILES string of the molecule is COCCN(CC1CCCN1)c1cc(=O)[nH]cn1. The topological polar surface area (TPSA) is 70.2 Å². The van der Waals surface area contributed by atoms with Crippen LogP contribution in [0.15, 0.2) is 17.2 Å². The van der Waals surface area contributed by atoms with Crippen LogP contribution < -0.4 is 15.8 Å². The van der Waals surface area contributed by atoms with Gasteiger partial charge in [0.05, 0.1) is 12.9 Å². The molecule has 0 spiro atoms. The highest BCUT2D eigenvalue weighted by molar-refractivity contribution is 5.36. The van der Waals surface area contributed by atoms with Crippen molar-refractivity contribution in [3.8, 4) is 0 Å². The fraction of sp³-hybridized carbons (Fsp3) is 0.667. The standard InChI is InChI=1S/C12H20N4O2/c1-18-6-5-16(8-10-3-2-4-13-10)11-7-12(17)15-9-14-11/h7,9-10,13H,2-6,8H2,1H3,(H,14,15,17). The van der Waals surface area contributed by atoms with E-state index in [1.165, 1.54) is 25.2 Å². The van der Waals surface area contributed by atoms with Gasteiger partial charge in [0.25, 0.3) is 5.56 Å². The molecule has 0 aliphatic carbocycles. The van der Waals surface area contributed by atoms with Crippen molar-refractivity contribution in [3.63, 3.8) is 0 Å². The van der Waals surface area contributed by atoms with Crippen LogP contribution in [0, 0.1) is 0 Å². The number of hydrogen-bond donors (Lipinski definition) is 2. The van der Waals surface area contributed by atoms with Gasteiger partial charge in [-0.15, -0.1) is 0 Å². The maximum Gasteiger partial charge on any atom is 0.252 e. The molecule has 18 heavy (non-hydrogen) atoms. The van der Waals surface area contributed by atoms with E-state index in [1.54, 1.807) is 7.11 Å². The number of rotatable bonds is 6.